The first-order chi connectivity index (χ1) is 32.0. The molecule has 8 nitrogen and oxygen atoms in total. The summed E-state index contributed by atoms with van der Waals surface area (Å²) in [7, 11) is 1.25. The van der Waals surface area contributed by atoms with Crippen LogP contribution in [0.25, 0.3) is 0 Å². The summed E-state index contributed by atoms with van der Waals surface area (Å²) in [5, 5.41) is 13.9. The predicted molar refractivity (Wildman–Crippen MR) is 284 cm³/mol. The SMILES string of the molecule is CC/C=C\C/C=C\C/C=C\C/C=C\C/C=C\CCCCCCCCCC(=O)NC(COP(=O)([O-])OCC[N+](C)(C)C)C(O)/C=C/CCCCCCCCCCCCCCCCCCCCC. The van der Waals surface area contributed by atoms with Gasteiger partial charge in [0.25, 0.3) is 7.82 Å². The number of carbonyl (C=O) groups is 1. The lowest BCUT2D eigenvalue weighted by molar-refractivity contribution is -0.870. The van der Waals surface area contributed by atoms with Gasteiger partial charge in [0.05, 0.1) is 39.9 Å². The van der Waals surface area contributed by atoms with Crippen LogP contribution in [0.5, 0.6) is 0 Å². The Bertz CT molecular complexity index is 1300. The van der Waals surface area contributed by atoms with Gasteiger partial charge in [0, 0.05) is 6.42 Å². The first-order valence-electron chi connectivity index (χ1n) is 27.3. The number of aliphatic hydroxyl groups excluding tert-OH is 1. The summed E-state index contributed by atoms with van der Waals surface area (Å²) >= 11 is 0. The van der Waals surface area contributed by atoms with Crippen LogP contribution in [0.3, 0.4) is 0 Å². The van der Waals surface area contributed by atoms with E-state index >= 15 is 0 Å². The van der Waals surface area contributed by atoms with Gasteiger partial charge in [-0.25, -0.2) is 0 Å². The summed E-state index contributed by atoms with van der Waals surface area (Å²) in [6, 6.07) is -0.897. The van der Waals surface area contributed by atoms with Crippen molar-refractivity contribution < 1.29 is 32.9 Å². The van der Waals surface area contributed by atoms with Crippen LogP contribution in [0.2, 0.25) is 0 Å². The third-order valence-corrected chi connectivity index (χ3v) is 12.9. The standard InChI is InChI=1S/C57H105N2O6P/c1-6-8-10-12-14-16-18-20-22-24-26-28-29-31-33-35-37-39-41-43-45-47-49-51-57(61)58-55(54-65-66(62,63)64-53-52-59(3,4)5)56(60)50-48-46-44-42-40-38-36-34-32-30-27-25-23-21-19-17-15-13-11-9-7-2/h8,10,14,16,20,22,26,28,31,33,48,50,55-56,60H,6-7,9,11-13,15,17-19,21,23-25,27,29-30,32,34-47,49,51-54H2,1-5H3,(H-,58,61,62,63)/b10-8-,16-14-,22-20-,28-26-,33-31-,50-48+. The third kappa shape index (κ3) is 49.8. The molecule has 0 aromatic heterocycles. The fourth-order valence-electron chi connectivity index (χ4n) is 7.65. The quantitative estimate of drug-likeness (QED) is 0.0272. The van der Waals surface area contributed by atoms with Gasteiger partial charge in [-0.2, -0.15) is 0 Å². The van der Waals surface area contributed by atoms with Crippen molar-refractivity contribution in [3.05, 3.63) is 72.9 Å². The molecule has 1 amide bonds. The Morgan fingerprint density at radius 2 is 0.924 bits per heavy atom. The average molecular weight is 945 g/mol. The molecule has 384 valence electrons. The maximum atomic E-state index is 12.9. The molecule has 0 heterocycles. The molecule has 0 aromatic carbocycles. The van der Waals surface area contributed by atoms with Crippen molar-refractivity contribution in [3.8, 4) is 0 Å². The highest BCUT2D eigenvalue weighted by Crippen LogP contribution is 2.38. The molecule has 2 N–H and O–H groups in total. The van der Waals surface area contributed by atoms with Gasteiger partial charge >= 0.3 is 0 Å². The number of nitrogens with one attached hydrogen (secondary N) is 1. The molecule has 0 rings (SSSR count). The molecule has 0 spiro atoms. The first kappa shape index (κ1) is 63.9. The van der Waals surface area contributed by atoms with Crippen LogP contribution in [0, 0.1) is 0 Å². The number of carbonyl (C=O) groups excluding carboxylic acids is 1. The molecule has 0 aliphatic heterocycles. The largest absolute Gasteiger partial charge is 0.756 e. The van der Waals surface area contributed by atoms with Gasteiger partial charge < -0.3 is 28.8 Å². The number of unbranched alkanes of at least 4 members (excludes halogenated alkanes) is 26. The van der Waals surface area contributed by atoms with E-state index in [2.05, 4.69) is 79.9 Å². The van der Waals surface area contributed by atoms with Crippen molar-refractivity contribution in [2.75, 3.05) is 40.9 Å². The van der Waals surface area contributed by atoms with Gasteiger partial charge in [0.1, 0.15) is 13.2 Å². The number of allylic oxidation sites excluding steroid dienone is 11. The lowest BCUT2D eigenvalue weighted by atomic mass is 10.0. The molecule has 0 aliphatic rings. The van der Waals surface area contributed by atoms with E-state index in [1.807, 2.05) is 27.2 Å². The zero-order valence-electron chi connectivity index (χ0n) is 43.6. The van der Waals surface area contributed by atoms with Crippen LogP contribution in [-0.2, 0) is 18.4 Å². The van der Waals surface area contributed by atoms with Crippen molar-refractivity contribution in [2.24, 2.45) is 0 Å². The van der Waals surface area contributed by atoms with Crippen molar-refractivity contribution in [1.82, 2.24) is 5.32 Å². The lowest BCUT2D eigenvalue weighted by Gasteiger charge is -2.29. The number of hydrogen-bond acceptors (Lipinski definition) is 6. The van der Waals surface area contributed by atoms with Gasteiger partial charge in [-0.3, -0.25) is 9.36 Å². The molecule has 0 saturated carbocycles. The van der Waals surface area contributed by atoms with E-state index < -0.39 is 20.0 Å². The fraction of sp³-hybridized carbons (Fsp3) is 0.772. The number of aliphatic hydroxyl groups is 1. The van der Waals surface area contributed by atoms with E-state index in [1.165, 1.54) is 128 Å². The topological polar surface area (TPSA) is 108 Å². The highest BCUT2D eigenvalue weighted by atomic mass is 31.2. The first-order valence-corrected chi connectivity index (χ1v) is 28.8. The minimum absolute atomic E-state index is 0.00645. The smallest absolute Gasteiger partial charge is 0.268 e. The van der Waals surface area contributed by atoms with Crippen molar-refractivity contribution in [2.45, 2.75) is 244 Å². The van der Waals surface area contributed by atoms with Gasteiger partial charge in [-0.05, 0) is 64.2 Å². The van der Waals surface area contributed by atoms with E-state index in [0.717, 1.165) is 83.5 Å². The van der Waals surface area contributed by atoms with Gasteiger partial charge in [0.15, 0.2) is 0 Å². The average Bonchev–Trinajstić information content (AvgIpc) is 3.28. The molecule has 0 aromatic rings. The number of phosphoric acid groups is 1. The molecular formula is C57H105N2O6P. The lowest BCUT2D eigenvalue weighted by Crippen LogP contribution is -2.45. The van der Waals surface area contributed by atoms with Crippen molar-refractivity contribution in [3.63, 3.8) is 0 Å². The van der Waals surface area contributed by atoms with Crippen LogP contribution in [-0.4, -0.2) is 68.5 Å². The Labute approximate surface area is 408 Å². The van der Waals surface area contributed by atoms with Crippen LogP contribution in [0.15, 0.2) is 72.9 Å². The van der Waals surface area contributed by atoms with E-state index in [9.17, 15) is 19.4 Å². The number of quaternary nitrogens is 1. The minimum Gasteiger partial charge on any atom is -0.756 e. The van der Waals surface area contributed by atoms with E-state index in [4.69, 9.17) is 9.05 Å². The highest BCUT2D eigenvalue weighted by Gasteiger charge is 2.23. The van der Waals surface area contributed by atoms with E-state index in [-0.39, 0.29) is 19.1 Å². The minimum atomic E-state index is -4.60. The van der Waals surface area contributed by atoms with E-state index in [1.54, 1.807) is 6.08 Å². The molecule has 3 unspecified atom stereocenters. The normalized spacial score (nSPS) is 14.6. The zero-order valence-corrected chi connectivity index (χ0v) is 44.5. The van der Waals surface area contributed by atoms with E-state index in [0.29, 0.717) is 17.4 Å². The van der Waals surface area contributed by atoms with Gasteiger partial charge in [-0.15, -0.1) is 0 Å². The Morgan fingerprint density at radius 1 is 0.545 bits per heavy atom. The molecule has 3 atom stereocenters. The molecule has 9 heteroatoms. The number of hydrogen-bond donors (Lipinski definition) is 2. The number of rotatable bonds is 49. The van der Waals surface area contributed by atoms with Crippen LogP contribution in [0.4, 0.5) is 0 Å². The maximum Gasteiger partial charge on any atom is 0.268 e. The number of phosphoric ester groups is 1. The third-order valence-electron chi connectivity index (χ3n) is 11.9. The Hall–Kier alpha value is -2.06. The Morgan fingerprint density at radius 3 is 1.35 bits per heavy atom. The second-order valence-electron chi connectivity index (χ2n) is 19.6. The Kier molecular flexibility index (Phi) is 46.5. The Balaban J connectivity index is 4.31. The maximum absolute atomic E-state index is 12.9. The summed E-state index contributed by atoms with van der Waals surface area (Å²) in [5.74, 6) is -0.210. The summed E-state index contributed by atoms with van der Waals surface area (Å²) in [5.41, 5.74) is 0. The van der Waals surface area contributed by atoms with Crippen molar-refractivity contribution >= 4 is 13.7 Å². The molecule has 0 radical (unpaired) electrons. The predicted octanol–water partition coefficient (Wildman–Crippen LogP) is 15.7. The summed E-state index contributed by atoms with van der Waals surface area (Å²) in [4.78, 5) is 25.5. The molecule has 66 heavy (non-hydrogen) atoms. The molecular weight excluding hydrogens is 840 g/mol. The molecule has 0 bridgehead atoms. The summed E-state index contributed by atoms with van der Waals surface area (Å²) < 4.78 is 23.3. The van der Waals surface area contributed by atoms with Crippen LogP contribution in [0.1, 0.15) is 232 Å². The molecule has 0 fully saturated rings. The monoisotopic (exact) mass is 945 g/mol. The van der Waals surface area contributed by atoms with Crippen LogP contribution < -0.4 is 10.2 Å². The van der Waals surface area contributed by atoms with Crippen molar-refractivity contribution in [1.29, 1.82) is 0 Å². The second-order valence-corrected chi connectivity index (χ2v) is 21.0. The zero-order chi connectivity index (χ0) is 48.5. The fourth-order valence-corrected chi connectivity index (χ4v) is 8.37. The number of amides is 1. The second kappa shape index (κ2) is 48.0. The summed E-state index contributed by atoms with van der Waals surface area (Å²) in [6.45, 7) is 4.54. The van der Waals surface area contributed by atoms with Crippen LogP contribution >= 0.6 is 7.82 Å². The molecule has 0 saturated heterocycles. The van der Waals surface area contributed by atoms with Gasteiger partial charge in [0.2, 0.25) is 5.91 Å². The number of nitrogens with zero attached hydrogens (tertiary/aromatic N) is 1. The highest BCUT2D eigenvalue weighted by molar-refractivity contribution is 7.45. The molecule has 0 aliphatic carbocycles. The number of likely N-dealkylation sites (N-methyl/N-ethyl adjacent to an activating group) is 1. The van der Waals surface area contributed by atoms with Gasteiger partial charge in [-0.1, -0.05) is 234 Å². The summed E-state index contributed by atoms with van der Waals surface area (Å²) in [6.07, 6.45) is 65.3.